The Morgan fingerprint density at radius 2 is 1.65 bits per heavy atom. The maximum absolute atomic E-state index is 11.0. The van der Waals surface area contributed by atoms with Gasteiger partial charge in [-0.1, -0.05) is 33.1 Å². The van der Waals surface area contributed by atoms with Gasteiger partial charge in [-0.05, 0) is 31.7 Å². The number of aliphatic carboxylic acids is 2. The molecular formula is C14H28N2O4. The largest absolute Gasteiger partial charge is 0.480 e. The summed E-state index contributed by atoms with van der Waals surface area (Å²) in [5, 5.41) is 20.7. The molecule has 0 saturated carbocycles. The highest BCUT2D eigenvalue weighted by Crippen LogP contribution is 2.07. The van der Waals surface area contributed by atoms with Gasteiger partial charge in [0, 0.05) is 0 Å². The zero-order valence-corrected chi connectivity index (χ0v) is 12.5. The van der Waals surface area contributed by atoms with Crippen LogP contribution in [0.5, 0.6) is 0 Å². The molecule has 0 amide bonds. The van der Waals surface area contributed by atoms with Crippen LogP contribution in [0.1, 0.15) is 52.4 Å². The summed E-state index contributed by atoms with van der Waals surface area (Å²) in [7, 11) is 0. The number of carboxylic acid groups (broad SMARTS) is 2. The first-order chi connectivity index (χ1) is 9.34. The second-order valence-corrected chi connectivity index (χ2v) is 5.62. The molecule has 0 bridgehead atoms. The lowest BCUT2D eigenvalue weighted by Gasteiger charge is -2.16. The molecule has 2 atom stereocenters. The van der Waals surface area contributed by atoms with Crippen molar-refractivity contribution in [3.05, 3.63) is 0 Å². The van der Waals surface area contributed by atoms with E-state index in [9.17, 15) is 9.59 Å². The predicted molar refractivity (Wildman–Crippen MR) is 77.6 cm³/mol. The van der Waals surface area contributed by atoms with E-state index in [0.717, 1.165) is 25.7 Å². The number of hydrogen-bond donors (Lipinski definition) is 4. The molecular weight excluding hydrogens is 260 g/mol. The minimum absolute atomic E-state index is 0.348. The highest BCUT2D eigenvalue weighted by Gasteiger charge is 2.17. The first kappa shape index (κ1) is 18.9. The predicted octanol–water partition coefficient (Wildman–Crippen LogP) is 1.44. The van der Waals surface area contributed by atoms with E-state index in [1.807, 2.05) is 13.8 Å². The van der Waals surface area contributed by atoms with Crippen LogP contribution in [0, 0.1) is 5.92 Å². The molecule has 0 aliphatic heterocycles. The number of hydrogen-bond acceptors (Lipinski definition) is 4. The normalized spacial score (nSPS) is 14.2. The Hall–Kier alpha value is -1.14. The van der Waals surface area contributed by atoms with E-state index in [-0.39, 0.29) is 0 Å². The average Bonchev–Trinajstić information content (AvgIpc) is 2.34. The van der Waals surface area contributed by atoms with E-state index in [0.29, 0.717) is 25.3 Å². The molecule has 0 aromatic carbocycles. The first-order valence-electron chi connectivity index (χ1n) is 7.29. The Kier molecular flexibility index (Phi) is 10.0. The van der Waals surface area contributed by atoms with Gasteiger partial charge in [-0.2, -0.15) is 0 Å². The zero-order valence-electron chi connectivity index (χ0n) is 12.5. The van der Waals surface area contributed by atoms with Crippen LogP contribution in [0.15, 0.2) is 0 Å². The summed E-state index contributed by atoms with van der Waals surface area (Å²) in [4.78, 5) is 21.5. The summed E-state index contributed by atoms with van der Waals surface area (Å²) in [5.41, 5.74) is 5.40. The molecule has 0 radical (unpaired) electrons. The fourth-order valence-electron chi connectivity index (χ4n) is 1.99. The third-order valence-corrected chi connectivity index (χ3v) is 3.16. The van der Waals surface area contributed by atoms with Gasteiger partial charge < -0.3 is 21.3 Å². The molecule has 118 valence electrons. The minimum Gasteiger partial charge on any atom is -0.480 e. The first-order valence-corrected chi connectivity index (χ1v) is 7.29. The topological polar surface area (TPSA) is 113 Å². The van der Waals surface area contributed by atoms with Crippen molar-refractivity contribution in [1.29, 1.82) is 0 Å². The van der Waals surface area contributed by atoms with E-state index in [1.54, 1.807) is 0 Å². The monoisotopic (exact) mass is 288 g/mol. The van der Waals surface area contributed by atoms with Crippen LogP contribution >= 0.6 is 0 Å². The molecule has 1 unspecified atom stereocenters. The van der Waals surface area contributed by atoms with Crippen molar-refractivity contribution < 1.29 is 19.8 Å². The van der Waals surface area contributed by atoms with Crippen LogP contribution < -0.4 is 11.1 Å². The number of nitrogens with one attached hydrogen (secondary N) is 1. The molecule has 6 heteroatoms. The van der Waals surface area contributed by atoms with Crippen molar-refractivity contribution in [3.63, 3.8) is 0 Å². The summed E-state index contributed by atoms with van der Waals surface area (Å²) in [6.45, 7) is 4.68. The van der Waals surface area contributed by atoms with Crippen molar-refractivity contribution in [2.75, 3.05) is 6.54 Å². The van der Waals surface area contributed by atoms with E-state index in [2.05, 4.69) is 5.32 Å². The quantitative estimate of drug-likeness (QED) is 0.404. The van der Waals surface area contributed by atoms with Gasteiger partial charge in [0.2, 0.25) is 0 Å². The zero-order chi connectivity index (χ0) is 15.5. The molecule has 0 aliphatic rings. The number of nitrogens with two attached hydrogens (primary N) is 1. The minimum atomic E-state index is -0.954. The van der Waals surface area contributed by atoms with E-state index in [1.165, 1.54) is 0 Å². The SMILES string of the molecule is CC(C)C[C@@H](NCCCCCCC(N)C(=O)O)C(=O)O. The van der Waals surface area contributed by atoms with Crippen LogP contribution in [0.2, 0.25) is 0 Å². The Morgan fingerprint density at radius 3 is 2.15 bits per heavy atom. The second kappa shape index (κ2) is 10.6. The van der Waals surface area contributed by atoms with Crippen molar-refractivity contribution in [1.82, 2.24) is 5.32 Å². The molecule has 0 fully saturated rings. The summed E-state index contributed by atoms with van der Waals surface area (Å²) < 4.78 is 0. The van der Waals surface area contributed by atoms with Gasteiger partial charge >= 0.3 is 11.9 Å². The van der Waals surface area contributed by atoms with E-state index >= 15 is 0 Å². The van der Waals surface area contributed by atoms with Crippen molar-refractivity contribution in [2.45, 2.75) is 64.5 Å². The van der Waals surface area contributed by atoms with Crippen molar-refractivity contribution >= 4 is 11.9 Å². The van der Waals surface area contributed by atoms with Gasteiger partial charge in [0.05, 0.1) is 0 Å². The molecule has 20 heavy (non-hydrogen) atoms. The van der Waals surface area contributed by atoms with Gasteiger partial charge in [-0.15, -0.1) is 0 Å². The van der Waals surface area contributed by atoms with Crippen molar-refractivity contribution in [2.24, 2.45) is 11.7 Å². The second-order valence-electron chi connectivity index (χ2n) is 5.62. The van der Waals surface area contributed by atoms with E-state index in [4.69, 9.17) is 15.9 Å². The fraction of sp³-hybridized carbons (Fsp3) is 0.857. The molecule has 0 saturated heterocycles. The van der Waals surface area contributed by atoms with Crippen molar-refractivity contribution in [3.8, 4) is 0 Å². The van der Waals surface area contributed by atoms with Gasteiger partial charge in [-0.25, -0.2) is 0 Å². The molecule has 5 N–H and O–H groups in total. The molecule has 0 rings (SSSR count). The molecule has 0 aromatic heterocycles. The van der Waals surface area contributed by atoms with Crippen LogP contribution in [-0.4, -0.2) is 40.8 Å². The van der Waals surface area contributed by atoms with E-state index < -0.39 is 24.0 Å². The lowest BCUT2D eigenvalue weighted by molar-refractivity contribution is -0.140. The molecule has 0 heterocycles. The fourth-order valence-corrected chi connectivity index (χ4v) is 1.99. The summed E-state index contributed by atoms with van der Waals surface area (Å²) in [5.74, 6) is -1.41. The lowest BCUT2D eigenvalue weighted by atomic mass is 10.0. The van der Waals surface area contributed by atoms with Gasteiger partial charge in [0.1, 0.15) is 12.1 Å². The van der Waals surface area contributed by atoms with Crippen LogP contribution in [0.25, 0.3) is 0 Å². The van der Waals surface area contributed by atoms with Crippen LogP contribution in [0.4, 0.5) is 0 Å². The Labute approximate surface area is 120 Å². The number of unbranched alkanes of at least 4 members (excludes halogenated alkanes) is 3. The summed E-state index contributed by atoms with van der Waals surface area (Å²) in [6.07, 6.45) is 4.68. The maximum atomic E-state index is 11.0. The molecule has 0 aliphatic carbocycles. The highest BCUT2D eigenvalue weighted by atomic mass is 16.4. The maximum Gasteiger partial charge on any atom is 0.320 e. The van der Waals surface area contributed by atoms with Gasteiger partial charge in [0.25, 0.3) is 0 Å². The Bertz CT molecular complexity index is 295. The Morgan fingerprint density at radius 1 is 1.05 bits per heavy atom. The lowest BCUT2D eigenvalue weighted by Crippen LogP contribution is -2.38. The van der Waals surface area contributed by atoms with Crippen LogP contribution in [0.3, 0.4) is 0 Å². The van der Waals surface area contributed by atoms with Gasteiger partial charge in [-0.3, -0.25) is 9.59 Å². The molecule has 6 nitrogen and oxygen atoms in total. The Balaban J connectivity index is 3.59. The molecule has 0 aromatic rings. The average molecular weight is 288 g/mol. The molecule has 0 spiro atoms. The third kappa shape index (κ3) is 9.75. The third-order valence-electron chi connectivity index (χ3n) is 3.16. The van der Waals surface area contributed by atoms with Gasteiger partial charge in [0.15, 0.2) is 0 Å². The highest BCUT2D eigenvalue weighted by molar-refractivity contribution is 5.73. The number of carbonyl (C=O) groups is 2. The summed E-state index contributed by atoms with van der Waals surface area (Å²) in [6, 6.07) is -1.24. The number of rotatable bonds is 12. The van der Waals surface area contributed by atoms with Crippen LogP contribution in [-0.2, 0) is 9.59 Å². The summed E-state index contributed by atoms with van der Waals surface area (Å²) >= 11 is 0. The smallest absolute Gasteiger partial charge is 0.320 e. The number of carboxylic acids is 2. The standard InChI is InChI=1S/C14H28N2O4/c1-10(2)9-12(14(19)20)16-8-6-4-3-5-7-11(15)13(17)18/h10-12,16H,3-9,15H2,1-2H3,(H,17,18)(H,19,20)/t11?,12-/m1/s1.